The van der Waals surface area contributed by atoms with Crippen molar-refractivity contribution >= 4 is 47.6 Å². The molecule has 0 aromatic rings. The highest BCUT2D eigenvalue weighted by Crippen LogP contribution is 2.16. The Morgan fingerprint density at radius 3 is 1.44 bits per heavy atom. The number of hydrogen-bond donors (Lipinski definition) is 12. The Balaban J connectivity index is -0.000000524. The van der Waals surface area contributed by atoms with Crippen molar-refractivity contribution in [3.8, 4) is 0 Å². The van der Waals surface area contributed by atoms with Crippen LogP contribution < -0.4 is 39.7 Å². The summed E-state index contributed by atoms with van der Waals surface area (Å²) in [5.74, 6) is -4.72. The van der Waals surface area contributed by atoms with Crippen LogP contribution in [0.2, 0.25) is 0 Å². The predicted octanol–water partition coefficient (Wildman–Crippen LogP) is -4.45. The van der Waals surface area contributed by atoms with Crippen LogP contribution in [0, 0.1) is 0 Å². The Labute approximate surface area is 259 Å². The highest BCUT2D eigenvalue weighted by Gasteiger charge is 2.31. The zero-order valence-electron chi connectivity index (χ0n) is 25.4. The molecular formula is C24H48N10O11. The van der Waals surface area contributed by atoms with Gasteiger partial charge in [0.2, 0.25) is 11.8 Å². The fourth-order valence-corrected chi connectivity index (χ4v) is 3.12. The lowest BCUT2D eigenvalue weighted by molar-refractivity contribution is -0.147. The molecule has 1 aliphatic rings. The maximum Gasteiger partial charge on any atom is 0.328 e. The number of carbonyl (C=O) groups excluding carboxylic acids is 2. The van der Waals surface area contributed by atoms with E-state index in [1.807, 2.05) is 5.32 Å². The fourth-order valence-electron chi connectivity index (χ4n) is 3.12. The Kier molecular flexibility index (Phi) is 25.5. The van der Waals surface area contributed by atoms with E-state index >= 15 is 0 Å². The van der Waals surface area contributed by atoms with Crippen LogP contribution in [0.15, 0.2) is 9.98 Å². The molecule has 1 fully saturated rings. The van der Waals surface area contributed by atoms with Gasteiger partial charge in [-0.15, -0.1) is 0 Å². The summed E-state index contributed by atoms with van der Waals surface area (Å²) in [5.41, 5.74) is 30.6. The van der Waals surface area contributed by atoms with Crippen molar-refractivity contribution in [1.82, 2.24) is 10.2 Å². The van der Waals surface area contributed by atoms with E-state index in [0.29, 0.717) is 51.7 Å². The lowest BCUT2D eigenvalue weighted by atomic mass is 10.2. The molecule has 3 unspecified atom stereocenters. The second kappa shape index (κ2) is 25.7. The zero-order valence-corrected chi connectivity index (χ0v) is 25.4. The van der Waals surface area contributed by atoms with Gasteiger partial charge in [-0.2, -0.15) is 0 Å². The molecule has 0 radical (unpaired) electrons. The highest BCUT2D eigenvalue weighted by molar-refractivity contribution is 5.83. The van der Waals surface area contributed by atoms with Gasteiger partial charge in [-0.25, -0.2) is 9.59 Å². The standard InChI is InChI=1S/C7H11NO3.2C6H14N4O2.C5H9NO4/c1-5(9)8-4-2-3-6(8)7(10)11;2*7-4(5(11)12)2-1-3-10-6(8)9;1-3(8)6-4(2-7)5(9)10/h6H,2-4H2,1H3,(H,10,11);2*4H,1-3,7H2,(H,11,12)(H4,8,9,10);4,7H,2H2,1H3,(H,6,8)(H,9,10)/t6-;;;/m0.../s1. The molecule has 45 heavy (non-hydrogen) atoms. The highest BCUT2D eigenvalue weighted by atomic mass is 16.4. The fraction of sp³-hybridized carbons (Fsp3) is 0.667. The van der Waals surface area contributed by atoms with Crippen LogP contribution in [0.1, 0.15) is 52.4 Å². The number of aliphatic carboxylic acids is 4. The molecule has 0 aromatic heterocycles. The summed E-state index contributed by atoms with van der Waals surface area (Å²) in [6.07, 6.45) is 3.31. The molecular weight excluding hydrogens is 604 g/mol. The van der Waals surface area contributed by atoms with Gasteiger partial charge in [-0.3, -0.25) is 29.2 Å². The van der Waals surface area contributed by atoms with Gasteiger partial charge >= 0.3 is 23.9 Å². The lowest BCUT2D eigenvalue weighted by Gasteiger charge is -2.18. The first-order valence-electron chi connectivity index (χ1n) is 13.5. The molecule has 4 atom stereocenters. The monoisotopic (exact) mass is 652 g/mol. The van der Waals surface area contributed by atoms with E-state index in [1.165, 1.54) is 18.7 Å². The van der Waals surface area contributed by atoms with Crippen molar-refractivity contribution in [2.75, 3.05) is 26.2 Å². The third-order valence-electron chi connectivity index (χ3n) is 5.37. The van der Waals surface area contributed by atoms with E-state index in [1.54, 1.807) is 0 Å². The number of aliphatic imine (C=N–C) groups is 2. The number of nitrogens with two attached hydrogens (primary N) is 6. The minimum atomic E-state index is -1.24. The molecule has 1 rings (SSSR count). The first kappa shape index (κ1) is 44.7. The molecule has 0 bridgehead atoms. The number of carboxylic acids is 4. The Hall–Kier alpha value is -4.76. The summed E-state index contributed by atoms with van der Waals surface area (Å²) in [7, 11) is 0. The van der Waals surface area contributed by atoms with Gasteiger partial charge in [0.05, 0.1) is 6.61 Å². The van der Waals surface area contributed by atoms with Crippen molar-refractivity contribution in [1.29, 1.82) is 0 Å². The molecule has 21 nitrogen and oxygen atoms in total. The Morgan fingerprint density at radius 2 is 1.22 bits per heavy atom. The minimum Gasteiger partial charge on any atom is -0.480 e. The summed E-state index contributed by atoms with van der Waals surface area (Å²) in [5, 5.41) is 44.0. The number of carbonyl (C=O) groups is 6. The molecule has 2 amide bonds. The number of rotatable bonds is 14. The third kappa shape index (κ3) is 26.6. The van der Waals surface area contributed by atoms with Gasteiger partial charge in [0.1, 0.15) is 24.2 Å². The molecule has 0 aliphatic carbocycles. The molecule has 21 heteroatoms. The van der Waals surface area contributed by atoms with Crippen LogP contribution in [-0.2, 0) is 28.8 Å². The molecule has 0 saturated carbocycles. The predicted molar refractivity (Wildman–Crippen MR) is 161 cm³/mol. The quantitative estimate of drug-likeness (QED) is 0.0478. The maximum absolute atomic E-state index is 10.8. The van der Waals surface area contributed by atoms with Crippen LogP contribution in [0.3, 0.4) is 0 Å². The topological polar surface area (TPSA) is 400 Å². The van der Waals surface area contributed by atoms with Crippen LogP contribution in [0.25, 0.3) is 0 Å². The molecule has 1 heterocycles. The minimum absolute atomic E-state index is 0.0129. The van der Waals surface area contributed by atoms with Gasteiger partial charge in [0.25, 0.3) is 0 Å². The number of nitrogens with zero attached hydrogens (tertiary/aromatic N) is 3. The van der Waals surface area contributed by atoms with Crippen molar-refractivity contribution in [3.05, 3.63) is 0 Å². The number of likely N-dealkylation sites (tertiary alicyclic amines) is 1. The molecule has 0 spiro atoms. The largest absolute Gasteiger partial charge is 0.480 e. The second-order valence-electron chi connectivity index (χ2n) is 9.27. The normalized spacial score (nSPS) is 15.0. The Bertz CT molecular complexity index is 942. The molecule has 0 aromatic carbocycles. The average Bonchev–Trinajstić information content (AvgIpc) is 3.43. The summed E-state index contributed by atoms with van der Waals surface area (Å²) in [6.45, 7) is 3.43. The van der Waals surface area contributed by atoms with E-state index in [2.05, 4.69) is 9.98 Å². The average molecular weight is 653 g/mol. The van der Waals surface area contributed by atoms with Crippen molar-refractivity contribution in [3.63, 3.8) is 0 Å². The smallest absolute Gasteiger partial charge is 0.328 e. The first-order chi connectivity index (χ1) is 20.8. The number of guanidine groups is 2. The number of carboxylic acid groups (broad SMARTS) is 4. The molecule has 260 valence electrons. The number of aliphatic hydroxyl groups is 1. The summed E-state index contributed by atoms with van der Waals surface area (Å²) < 4.78 is 0. The second-order valence-corrected chi connectivity index (χ2v) is 9.27. The molecule has 1 saturated heterocycles. The van der Waals surface area contributed by atoms with Crippen LogP contribution in [0.4, 0.5) is 0 Å². The maximum atomic E-state index is 10.8. The summed E-state index contributed by atoms with van der Waals surface area (Å²) in [4.78, 5) is 70.9. The van der Waals surface area contributed by atoms with Crippen LogP contribution in [0.5, 0.6) is 0 Å². The number of hydrogen-bond acceptors (Lipinski definition) is 11. The van der Waals surface area contributed by atoms with Crippen molar-refractivity contribution in [2.45, 2.75) is 76.5 Å². The van der Waals surface area contributed by atoms with Crippen molar-refractivity contribution in [2.24, 2.45) is 44.4 Å². The SMILES string of the molecule is CC(=O)N1CCC[C@H]1C(=O)O.CC(=O)NC(CO)C(=O)O.NC(N)=NCCCC(N)C(=O)O.NC(N)=NCCCC(N)C(=O)O. The van der Waals surface area contributed by atoms with Gasteiger partial charge in [-0.1, -0.05) is 0 Å². The molecule has 1 aliphatic heterocycles. The van der Waals surface area contributed by atoms with E-state index in [9.17, 15) is 28.8 Å². The van der Waals surface area contributed by atoms with E-state index in [4.69, 9.17) is 59.9 Å². The van der Waals surface area contributed by atoms with E-state index < -0.39 is 60.6 Å². The van der Waals surface area contributed by atoms with Gasteiger partial charge in [-0.05, 0) is 38.5 Å². The van der Waals surface area contributed by atoms with Crippen LogP contribution in [-0.4, -0.2) is 128 Å². The lowest BCUT2D eigenvalue weighted by Crippen LogP contribution is -2.42. The first-order valence-corrected chi connectivity index (χ1v) is 13.5. The van der Waals surface area contributed by atoms with Gasteiger partial charge < -0.3 is 70.2 Å². The molecule has 18 N–H and O–H groups in total. The van der Waals surface area contributed by atoms with Gasteiger partial charge in [0.15, 0.2) is 11.9 Å². The zero-order chi connectivity index (χ0) is 35.7. The third-order valence-corrected chi connectivity index (χ3v) is 5.37. The Morgan fingerprint density at radius 1 is 0.800 bits per heavy atom. The number of nitrogens with one attached hydrogen (secondary N) is 1. The van der Waals surface area contributed by atoms with Gasteiger partial charge in [0, 0.05) is 33.5 Å². The van der Waals surface area contributed by atoms with Crippen molar-refractivity contribution < 1.29 is 54.3 Å². The van der Waals surface area contributed by atoms with Crippen LogP contribution >= 0.6 is 0 Å². The number of aliphatic hydroxyl groups excluding tert-OH is 1. The summed E-state index contributed by atoms with van der Waals surface area (Å²) in [6, 6.07) is -3.40. The number of amides is 2. The van der Waals surface area contributed by atoms with E-state index in [0.717, 1.165) is 6.42 Å². The van der Waals surface area contributed by atoms with E-state index in [-0.39, 0.29) is 17.8 Å². The summed E-state index contributed by atoms with van der Waals surface area (Å²) >= 11 is 0.